The minimum atomic E-state index is -0.499. The van der Waals surface area contributed by atoms with Gasteiger partial charge in [0.1, 0.15) is 0 Å². The normalized spacial score (nSPS) is 18.3. The number of rotatable bonds is 1. The van der Waals surface area contributed by atoms with Crippen LogP contribution in [0.3, 0.4) is 0 Å². The number of hydrogen-bond donors (Lipinski definition) is 1. The summed E-state index contributed by atoms with van der Waals surface area (Å²) in [6.07, 6.45) is 1.65. The van der Waals surface area contributed by atoms with Crippen LogP contribution in [-0.2, 0) is 16.1 Å². The first-order valence-corrected chi connectivity index (χ1v) is 7.02. The Morgan fingerprint density at radius 1 is 1.21 bits per heavy atom. The van der Waals surface area contributed by atoms with E-state index in [0.29, 0.717) is 12.1 Å². The van der Waals surface area contributed by atoms with Crippen LogP contribution in [0.1, 0.15) is 22.3 Å². The number of benzene rings is 1. The van der Waals surface area contributed by atoms with E-state index in [1.165, 1.54) is 27.8 Å². The van der Waals surface area contributed by atoms with E-state index >= 15 is 0 Å². The maximum atomic E-state index is 12.3. The molecule has 2 heterocycles. The van der Waals surface area contributed by atoms with Gasteiger partial charge in [0.2, 0.25) is 0 Å². The molecule has 2 aliphatic heterocycles. The van der Waals surface area contributed by atoms with Gasteiger partial charge in [0, 0.05) is 0 Å². The van der Waals surface area contributed by atoms with Gasteiger partial charge in [-0.15, -0.1) is 0 Å². The van der Waals surface area contributed by atoms with E-state index in [2.05, 4.69) is 5.32 Å². The van der Waals surface area contributed by atoms with Crippen LogP contribution < -0.4 is 9.67 Å². The molecule has 2 aliphatic rings. The van der Waals surface area contributed by atoms with Gasteiger partial charge in [-0.2, -0.15) is 0 Å². The summed E-state index contributed by atoms with van der Waals surface area (Å²) >= 11 is 1.45. The molecule has 1 atom stereocenters. The van der Waals surface area contributed by atoms with Crippen molar-refractivity contribution < 1.29 is 14.4 Å². The van der Waals surface area contributed by atoms with E-state index in [4.69, 9.17) is 0 Å². The molecule has 3 rings (SSSR count). The van der Waals surface area contributed by atoms with Crippen LogP contribution in [0.2, 0.25) is 0 Å². The third kappa shape index (κ3) is 1.90. The molecule has 0 fully saturated rings. The van der Waals surface area contributed by atoms with E-state index in [9.17, 15) is 14.4 Å². The van der Waals surface area contributed by atoms with Crippen molar-refractivity contribution >= 4 is 38.9 Å². The van der Waals surface area contributed by atoms with Crippen molar-refractivity contribution in [3.05, 3.63) is 41.1 Å². The van der Waals surface area contributed by atoms with Crippen molar-refractivity contribution in [2.24, 2.45) is 0 Å². The minimum absolute atomic E-state index is 0.129. The summed E-state index contributed by atoms with van der Waals surface area (Å²) < 4.78 is 1.09. The van der Waals surface area contributed by atoms with E-state index in [0.717, 1.165) is 9.91 Å². The van der Waals surface area contributed by atoms with Crippen molar-refractivity contribution in [3.63, 3.8) is 0 Å². The van der Waals surface area contributed by atoms with Crippen LogP contribution in [0.15, 0.2) is 30.0 Å². The van der Waals surface area contributed by atoms with Crippen LogP contribution in [0.5, 0.6) is 0 Å². The summed E-state index contributed by atoms with van der Waals surface area (Å²) in [6, 6.07) is 5.58. The van der Waals surface area contributed by atoms with Crippen molar-refractivity contribution in [3.8, 4) is 0 Å². The molecule has 0 aromatic heterocycles. The van der Waals surface area contributed by atoms with Crippen molar-refractivity contribution in [1.82, 2.24) is 10.2 Å². The Bertz CT molecular complexity index is 651. The van der Waals surface area contributed by atoms with Crippen molar-refractivity contribution in [2.45, 2.75) is 13.0 Å². The molecule has 0 saturated heterocycles. The number of carbonyl (C=O) groups is 3. The molecule has 0 aliphatic carbocycles. The van der Waals surface area contributed by atoms with Gasteiger partial charge in [-0.05, 0) is 0 Å². The van der Waals surface area contributed by atoms with Crippen LogP contribution in [0.4, 0.5) is 0 Å². The van der Waals surface area contributed by atoms with Gasteiger partial charge in [-0.3, -0.25) is 0 Å². The third-order valence-electron chi connectivity index (χ3n) is 3.26. The first-order chi connectivity index (χ1) is 9.08. The Hall–Kier alpha value is -1.87. The molecule has 3 amide bonds. The summed E-state index contributed by atoms with van der Waals surface area (Å²) in [4.78, 5) is 36.6. The fraction of sp³-hybridized carbons (Fsp3) is 0.154. The molecule has 0 spiro atoms. The van der Waals surface area contributed by atoms with Crippen LogP contribution in [0, 0.1) is 0 Å². The second-order valence-corrected chi connectivity index (χ2v) is 5.74. The van der Waals surface area contributed by atoms with Gasteiger partial charge in [0.25, 0.3) is 0 Å². The Morgan fingerprint density at radius 3 is 2.68 bits per heavy atom. The van der Waals surface area contributed by atoms with Crippen LogP contribution in [-0.4, -0.2) is 39.5 Å². The van der Waals surface area contributed by atoms with E-state index in [1.807, 2.05) is 12.1 Å². The topological polar surface area (TPSA) is 66.5 Å². The molecule has 1 N–H and O–H groups in total. The monoisotopic (exact) mass is 318 g/mol. The quantitative estimate of drug-likeness (QED) is 0.524. The zero-order valence-electron chi connectivity index (χ0n) is 9.97. The first-order valence-electron chi connectivity index (χ1n) is 5.81. The molecule has 6 heteroatoms. The molecule has 1 aromatic carbocycles. The number of carbonyl (C=O) groups excluding carboxylic acids is 3. The predicted molar refractivity (Wildman–Crippen MR) is 70.3 cm³/mol. The number of nitrogens with one attached hydrogen (secondary N) is 1. The molecule has 19 heavy (non-hydrogen) atoms. The molecular formula is C13H11AsN2O3. The van der Waals surface area contributed by atoms with Gasteiger partial charge in [0.15, 0.2) is 0 Å². The fourth-order valence-electron chi connectivity index (χ4n) is 2.31. The molecule has 0 saturated carbocycles. The number of fused-ring (bicyclic) bond motifs is 1. The van der Waals surface area contributed by atoms with Gasteiger partial charge in [-0.25, -0.2) is 0 Å². The molecule has 5 nitrogen and oxygen atoms in total. The maximum absolute atomic E-state index is 12.3. The second kappa shape index (κ2) is 4.35. The van der Waals surface area contributed by atoms with E-state index < -0.39 is 5.91 Å². The average molecular weight is 318 g/mol. The van der Waals surface area contributed by atoms with Crippen LogP contribution in [0.25, 0.3) is 0 Å². The van der Waals surface area contributed by atoms with E-state index in [-0.39, 0.29) is 23.9 Å². The molecule has 1 aromatic rings. The number of imide groups is 1. The van der Waals surface area contributed by atoms with Gasteiger partial charge in [-0.1, -0.05) is 0 Å². The van der Waals surface area contributed by atoms with Crippen LogP contribution >= 0.6 is 0 Å². The number of hydrogen-bond acceptors (Lipinski definition) is 3. The Morgan fingerprint density at radius 2 is 2.00 bits per heavy atom. The summed E-state index contributed by atoms with van der Waals surface area (Å²) in [6.45, 7) is 0.399. The molecular weight excluding hydrogens is 307 g/mol. The molecule has 1 unspecified atom stereocenters. The van der Waals surface area contributed by atoms with E-state index in [1.54, 1.807) is 6.07 Å². The Labute approximate surface area is 118 Å². The zero-order chi connectivity index (χ0) is 13.6. The average Bonchev–Trinajstić information content (AvgIpc) is 2.69. The SMILES string of the molecule is O=C1CC=C(N2Cc3c([AsH2])cccc3C2=O)C(=O)N1. The number of amides is 3. The van der Waals surface area contributed by atoms with Gasteiger partial charge < -0.3 is 0 Å². The molecule has 96 valence electrons. The predicted octanol–water partition coefficient (Wildman–Crippen LogP) is -1.17. The summed E-state index contributed by atoms with van der Waals surface area (Å²) in [7, 11) is 0. The second-order valence-electron chi connectivity index (χ2n) is 4.44. The fourth-order valence-corrected chi connectivity index (χ4v) is 3.06. The zero-order valence-corrected chi connectivity index (χ0v) is 12.4. The summed E-state index contributed by atoms with van der Waals surface area (Å²) in [5.41, 5.74) is 1.89. The summed E-state index contributed by atoms with van der Waals surface area (Å²) in [5.74, 6) is -1.01. The summed E-state index contributed by atoms with van der Waals surface area (Å²) in [5, 5.41) is 2.23. The van der Waals surface area contributed by atoms with Gasteiger partial charge >= 0.3 is 118 Å². The third-order valence-corrected chi connectivity index (χ3v) is 4.40. The standard InChI is InChI=1S/C13H11AsN2O3/c14-9-3-1-2-7-8(9)6-16(13(7)19)10-4-5-11(17)15-12(10)18/h1-4H,5-6,14H2,(H,15,17,18). The van der Waals surface area contributed by atoms with Crippen molar-refractivity contribution in [2.75, 3.05) is 0 Å². The first kappa shape index (κ1) is 12.2. The number of nitrogens with zero attached hydrogens (tertiary/aromatic N) is 1. The Balaban J connectivity index is 1.99. The van der Waals surface area contributed by atoms with Crippen molar-refractivity contribution in [1.29, 1.82) is 0 Å². The van der Waals surface area contributed by atoms with Gasteiger partial charge in [0.05, 0.1) is 0 Å². The molecule has 0 radical (unpaired) electrons. The Kier molecular flexibility index (Phi) is 2.79. The molecule has 0 bridgehead atoms.